The van der Waals surface area contributed by atoms with Crippen LogP contribution in [0.3, 0.4) is 0 Å². The minimum atomic E-state index is -0.263. The molecule has 142 valence electrons. The topological polar surface area (TPSA) is 45.2 Å². The molecule has 0 bridgehead atoms. The van der Waals surface area contributed by atoms with Crippen molar-refractivity contribution in [2.75, 3.05) is 13.1 Å². The van der Waals surface area contributed by atoms with Gasteiger partial charge in [-0.1, -0.05) is 42.5 Å². The second-order valence-electron chi connectivity index (χ2n) is 7.05. The van der Waals surface area contributed by atoms with Crippen LogP contribution in [0.5, 0.6) is 0 Å². The molecule has 3 aromatic rings. The summed E-state index contributed by atoms with van der Waals surface area (Å²) in [5.41, 5.74) is 4.14. The maximum atomic E-state index is 13.5. The highest BCUT2D eigenvalue weighted by atomic mass is 19.1. The van der Waals surface area contributed by atoms with Crippen molar-refractivity contribution >= 4 is 5.91 Å². The Bertz CT molecular complexity index is 944. The Kier molecular flexibility index (Phi) is 5.44. The fourth-order valence-electron chi connectivity index (χ4n) is 3.63. The third kappa shape index (κ3) is 4.26. The highest BCUT2D eigenvalue weighted by molar-refractivity contribution is 5.82. The number of carbonyl (C=O) groups excluding carboxylic acids is 1. The van der Waals surface area contributed by atoms with Crippen LogP contribution in [0, 0.1) is 5.82 Å². The van der Waals surface area contributed by atoms with Gasteiger partial charge >= 0.3 is 0 Å². The first-order chi connectivity index (χ1) is 13.7. The highest BCUT2D eigenvalue weighted by Crippen LogP contribution is 2.21. The number of hydrogen-bond donors (Lipinski definition) is 1. The average Bonchev–Trinajstić information content (AvgIpc) is 2.72. The number of hydrogen-bond acceptors (Lipinski definition) is 3. The van der Waals surface area contributed by atoms with Crippen LogP contribution in [0.2, 0.25) is 0 Å². The van der Waals surface area contributed by atoms with Gasteiger partial charge in [-0.3, -0.25) is 14.7 Å². The van der Waals surface area contributed by atoms with E-state index in [-0.39, 0.29) is 17.8 Å². The molecule has 0 saturated carbocycles. The molecule has 28 heavy (non-hydrogen) atoms. The van der Waals surface area contributed by atoms with Crippen molar-refractivity contribution < 1.29 is 9.18 Å². The number of nitrogens with one attached hydrogen (secondary N) is 1. The molecule has 2 heterocycles. The number of halogens is 1. The van der Waals surface area contributed by atoms with Gasteiger partial charge in [0.05, 0.1) is 6.04 Å². The van der Waals surface area contributed by atoms with E-state index in [2.05, 4.69) is 39.5 Å². The van der Waals surface area contributed by atoms with Crippen molar-refractivity contribution in [3.63, 3.8) is 0 Å². The first-order valence-corrected chi connectivity index (χ1v) is 9.44. The van der Waals surface area contributed by atoms with E-state index in [1.807, 2.05) is 24.4 Å². The van der Waals surface area contributed by atoms with Crippen LogP contribution < -0.4 is 5.32 Å². The predicted molar refractivity (Wildman–Crippen MR) is 107 cm³/mol. The highest BCUT2D eigenvalue weighted by Gasteiger charge is 2.29. The molecule has 1 N–H and O–H groups in total. The molecule has 2 aromatic carbocycles. The molecule has 4 rings (SSSR count). The maximum Gasteiger partial charge on any atom is 0.237 e. The molecule has 1 unspecified atom stereocenters. The average molecular weight is 375 g/mol. The molecule has 1 aliphatic rings. The van der Waals surface area contributed by atoms with E-state index in [9.17, 15) is 9.18 Å². The van der Waals surface area contributed by atoms with Gasteiger partial charge in [0.25, 0.3) is 0 Å². The Hall–Kier alpha value is -3.05. The number of aromatic nitrogens is 1. The van der Waals surface area contributed by atoms with E-state index >= 15 is 0 Å². The van der Waals surface area contributed by atoms with Gasteiger partial charge in [0.1, 0.15) is 5.82 Å². The standard InChI is InChI=1S/C23H22FN3O/c24-21-5-1-3-18(13-21)16-27-12-11-26-23(28)22(27)14-17-6-8-19(9-7-17)20-4-2-10-25-15-20/h1-10,13,15,22H,11-12,14,16H2,(H,26,28). The minimum absolute atomic E-state index is 0.0268. The van der Waals surface area contributed by atoms with Crippen LogP contribution >= 0.6 is 0 Å². The molecule has 1 aliphatic heterocycles. The molecule has 5 heteroatoms. The number of amides is 1. The summed E-state index contributed by atoms with van der Waals surface area (Å²) in [6.45, 7) is 1.93. The molecule has 0 aliphatic carbocycles. The van der Waals surface area contributed by atoms with Crippen molar-refractivity contribution in [1.82, 2.24) is 15.2 Å². The summed E-state index contributed by atoms with van der Waals surface area (Å²) >= 11 is 0. The molecule has 1 saturated heterocycles. The smallest absolute Gasteiger partial charge is 0.237 e. The van der Waals surface area contributed by atoms with Gasteiger partial charge in [-0.2, -0.15) is 0 Å². The third-order valence-electron chi connectivity index (χ3n) is 5.09. The molecule has 1 fully saturated rings. The van der Waals surface area contributed by atoms with E-state index in [0.29, 0.717) is 19.5 Å². The van der Waals surface area contributed by atoms with E-state index in [4.69, 9.17) is 0 Å². The predicted octanol–water partition coefficient (Wildman–Crippen LogP) is 3.43. The monoisotopic (exact) mass is 375 g/mol. The van der Waals surface area contributed by atoms with Crippen LogP contribution in [0.1, 0.15) is 11.1 Å². The third-order valence-corrected chi connectivity index (χ3v) is 5.09. The van der Waals surface area contributed by atoms with Gasteiger partial charge in [0, 0.05) is 32.0 Å². The number of nitrogens with zero attached hydrogens (tertiary/aromatic N) is 2. The molecule has 1 atom stereocenters. The van der Waals surface area contributed by atoms with Crippen LogP contribution in [0.15, 0.2) is 73.1 Å². The van der Waals surface area contributed by atoms with Crippen molar-refractivity contribution in [2.45, 2.75) is 19.0 Å². The maximum absolute atomic E-state index is 13.5. The summed E-state index contributed by atoms with van der Waals surface area (Å²) in [5.74, 6) is -0.222. The Morgan fingerprint density at radius 2 is 1.89 bits per heavy atom. The SMILES string of the molecule is O=C1NCCN(Cc2cccc(F)c2)C1Cc1ccc(-c2cccnc2)cc1. The Balaban J connectivity index is 1.50. The van der Waals surface area contributed by atoms with Crippen molar-refractivity contribution in [1.29, 1.82) is 0 Å². The molecular formula is C23H22FN3O. The lowest BCUT2D eigenvalue weighted by molar-refractivity contribution is -0.129. The van der Waals surface area contributed by atoms with Crippen LogP contribution in [-0.4, -0.2) is 34.9 Å². The number of carbonyl (C=O) groups is 1. The molecule has 0 spiro atoms. The van der Waals surface area contributed by atoms with Crippen molar-refractivity contribution in [2.24, 2.45) is 0 Å². The van der Waals surface area contributed by atoms with Crippen molar-refractivity contribution in [3.05, 3.63) is 90.0 Å². The zero-order valence-corrected chi connectivity index (χ0v) is 15.5. The van der Waals surface area contributed by atoms with E-state index < -0.39 is 0 Å². The number of piperazine rings is 1. The lowest BCUT2D eigenvalue weighted by Gasteiger charge is -2.35. The largest absolute Gasteiger partial charge is 0.353 e. The minimum Gasteiger partial charge on any atom is -0.353 e. The Labute approximate surface area is 164 Å². The van der Waals surface area contributed by atoms with Gasteiger partial charge in [-0.15, -0.1) is 0 Å². The van der Waals surface area contributed by atoms with E-state index in [1.54, 1.807) is 12.3 Å². The zero-order chi connectivity index (χ0) is 19.3. The van der Waals surface area contributed by atoms with Crippen LogP contribution in [0.4, 0.5) is 4.39 Å². The van der Waals surface area contributed by atoms with Gasteiger partial charge in [-0.05, 0) is 46.9 Å². The molecule has 4 nitrogen and oxygen atoms in total. The van der Waals surface area contributed by atoms with Gasteiger partial charge < -0.3 is 5.32 Å². The van der Waals surface area contributed by atoms with Gasteiger partial charge in [-0.25, -0.2) is 4.39 Å². The molecular weight excluding hydrogens is 353 g/mol. The zero-order valence-electron chi connectivity index (χ0n) is 15.5. The lowest BCUT2D eigenvalue weighted by atomic mass is 9.99. The quantitative estimate of drug-likeness (QED) is 0.743. The fraction of sp³-hybridized carbons (Fsp3) is 0.217. The lowest BCUT2D eigenvalue weighted by Crippen LogP contribution is -2.55. The second kappa shape index (κ2) is 8.31. The van der Waals surface area contributed by atoms with E-state index in [1.165, 1.54) is 12.1 Å². The van der Waals surface area contributed by atoms with Crippen molar-refractivity contribution in [3.8, 4) is 11.1 Å². The first-order valence-electron chi connectivity index (χ1n) is 9.44. The number of rotatable bonds is 5. The fourth-order valence-corrected chi connectivity index (χ4v) is 3.63. The summed E-state index contributed by atoms with van der Waals surface area (Å²) in [7, 11) is 0. The molecule has 0 radical (unpaired) electrons. The summed E-state index contributed by atoms with van der Waals surface area (Å²) < 4.78 is 13.5. The van der Waals surface area contributed by atoms with E-state index in [0.717, 1.165) is 28.8 Å². The van der Waals surface area contributed by atoms with Gasteiger partial charge in [0.15, 0.2) is 0 Å². The first kappa shape index (κ1) is 18.3. The van der Waals surface area contributed by atoms with Crippen LogP contribution in [0.25, 0.3) is 11.1 Å². The van der Waals surface area contributed by atoms with Crippen LogP contribution in [-0.2, 0) is 17.8 Å². The summed E-state index contributed by atoms with van der Waals surface area (Å²) in [6.07, 6.45) is 4.21. The summed E-state index contributed by atoms with van der Waals surface area (Å²) in [5, 5.41) is 2.95. The molecule has 1 aromatic heterocycles. The summed E-state index contributed by atoms with van der Waals surface area (Å²) in [6, 6.07) is 18.5. The molecule has 1 amide bonds. The Morgan fingerprint density at radius 3 is 2.64 bits per heavy atom. The van der Waals surface area contributed by atoms with Gasteiger partial charge in [0.2, 0.25) is 5.91 Å². The normalized spacial score (nSPS) is 17.3. The summed E-state index contributed by atoms with van der Waals surface area (Å²) in [4.78, 5) is 18.8. The Morgan fingerprint density at radius 1 is 1.04 bits per heavy atom. The second-order valence-corrected chi connectivity index (χ2v) is 7.05. The number of pyridine rings is 1. The number of benzene rings is 2.